The molecule has 6 nitrogen and oxygen atoms in total. The fourth-order valence-electron chi connectivity index (χ4n) is 3.02. The van der Waals surface area contributed by atoms with E-state index in [1.54, 1.807) is 12.1 Å². The van der Waals surface area contributed by atoms with E-state index in [4.69, 9.17) is 0 Å². The summed E-state index contributed by atoms with van der Waals surface area (Å²) in [5.41, 5.74) is -1.10. The lowest BCUT2D eigenvalue weighted by Crippen LogP contribution is -2.41. The van der Waals surface area contributed by atoms with Gasteiger partial charge in [0.2, 0.25) is 0 Å². The van der Waals surface area contributed by atoms with Gasteiger partial charge in [-0.15, -0.1) is 11.3 Å². The Morgan fingerprint density at radius 3 is 2.63 bits per heavy atom. The smallest absolute Gasteiger partial charge is 0.332 e. The van der Waals surface area contributed by atoms with Crippen LogP contribution in [0.2, 0.25) is 0 Å². The van der Waals surface area contributed by atoms with Crippen LogP contribution >= 0.6 is 27.3 Å². The molecule has 0 atom stereocenters. The summed E-state index contributed by atoms with van der Waals surface area (Å²) in [6.07, 6.45) is 2.04. The minimum Gasteiger partial charge on any atom is -0.480 e. The van der Waals surface area contributed by atoms with Crippen molar-refractivity contribution in [2.75, 3.05) is 0 Å². The third-order valence-corrected chi connectivity index (χ3v) is 6.34. The maximum absolute atomic E-state index is 14.2. The molecule has 1 aromatic carbocycles. The van der Waals surface area contributed by atoms with Crippen molar-refractivity contribution in [1.29, 1.82) is 0 Å². The van der Waals surface area contributed by atoms with Crippen molar-refractivity contribution in [3.8, 4) is 0 Å². The Morgan fingerprint density at radius 2 is 2.00 bits per heavy atom. The molecule has 2 heterocycles. The minimum atomic E-state index is -1.18. The lowest BCUT2D eigenvalue weighted by molar-refractivity contribution is -0.137. The zero-order valence-electron chi connectivity index (χ0n) is 13.9. The second-order valence-corrected chi connectivity index (χ2v) is 8.51. The third kappa shape index (κ3) is 3.37. The van der Waals surface area contributed by atoms with Crippen molar-refractivity contribution in [3.05, 3.63) is 65.8 Å². The number of halogens is 2. The Kier molecular flexibility index (Phi) is 4.51. The second kappa shape index (κ2) is 6.72. The van der Waals surface area contributed by atoms with E-state index < -0.39 is 29.6 Å². The summed E-state index contributed by atoms with van der Waals surface area (Å²) in [5, 5.41) is 9.50. The normalized spacial score (nSPS) is 14.0. The Bertz CT molecular complexity index is 1190. The average molecular weight is 453 g/mol. The van der Waals surface area contributed by atoms with Gasteiger partial charge in [-0.25, -0.2) is 9.18 Å². The maximum atomic E-state index is 14.2. The monoisotopic (exact) mass is 452 g/mol. The van der Waals surface area contributed by atoms with Crippen LogP contribution < -0.4 is 11.2 Å². The van der Waals surface area contributed by atoms with E-state index in [9.17, 15) is 23.9 Å². The van der Waals surface area contributed by atoms with Crippen molar-refractivity contribution in [3.63, 3.8) is 0 Å². The van der Waals surface area contributed by atoms with Crippen molar-refractivity contribution < 1.29 is 14.3 Å². The largest absolute Gasteiger partial charge is 0.480 e. The third-order valence-electron chi connectivity index (χ3n) is 4.53. The minimum absolute atomic E-state index is 0.177. The first-order chi connectivity index (χ1) is 12.8. The zero-order chi connectivity index (χ0) is 19.3. The molecule has 1 fully saturated rings. The number of carboxylic acids is 1. The lowest BCUT2D eigenvalue weighted by atomic mass is 10.2. The highest BCUT2D eigenvalue weighted by Gasteiger charge is 2.28. The van der Waals surface area contributed by atoms with Gasteiger partial charge in [0, 0.05) is 14.9 Å². The number of aromatic nitrogens is 2. The lowest BCUT2D eigenvalue weighted by Gasteiger charge is -2.11. The second-order valence-electron chi connectivity index (χ2n) is 6.53. The summed E-state index contributed by atoms with van der Waals surface area (Å²) in [4.78, 5) is 38.4. The number of nitrogens with zero attached hydrogens (tertiary/aromatic N) is 2. The summed E-state index contributed by atoms with van der Waals surface area (Å²) >= 11 is 4.46. The fourth-order valence-corrected chi connectivity index (χ4v) is 4.67. The Morgan fingerprint density at radius 1 is 1.26 bits per heavy atom. The molecule has 1 saturated carbocycles. The Labute approximate surface area is 164 Å². The molecular weight excluding hydrogens is 439 g/mol. The average Bonchev–Trinajstić information content (AvgIpc) is 3.36. The first kappa shape index (κ1) is 18.1. The number of aliphatic carboxylic acids is 1. The number of rotatable bonds is 5. The molecule has 9 heteroatoms. The molecule has 2 aromatic heterocycles. The van der Waals surface area contributed by atoms with Gasteiger partial charge >= 0.3 is 11.7 Å². The van der Waals surface area contributed by atoms with Gasteiger partial charge in [-0.1, -0.05) is 22.0 Å². The Hall–Kier alpha value is -2.26. The number of carbonyl (C=O) groups is 1. The first-order valence-electron chi connectivity index (χ1n) is 8.28. The topological polar surface area (TPSA) is 81.3 Å². The van der Waals surface area contributed by atoms with Gasteiger partial charge in [-0.05, 0) is 37.0 Å². The van der Waals surface area contributed by atoms with E-state index in [-0.39, 0.29) is 12.1 Å². The molecule has 0 amide bonds. The number of fused-ring (bicyclic) bond motifs is 1. The number of hydrogen-bond donors (Lipinski definition) is 1. The molecule has 0 bridgehead atoms. The van der Waals surface area contributed by atoms with E-state index in [2.05, 4.69) is 15.9 Å². The van der Waals surface area contributed by atoms with Gasteiger partial charge in [0.1, 0.15) is 17.2 Å². The van der Waals surface area contributed by atoms with Crippen LogP contribution in [-0.4, -0.2) is 20.2 Å². The summed E-state index contributed by atoms with van der Waals surface area (Å²) in [5.74, 6) is -1.36. The molecule has 0 saturated heterocycles. The standard InChI is InChI=1S/C18H14BrFN2O4S/c19-11-4-3-10(13(20)5-11)7-21-16(25)12-6-14(9-1-2-9)27-17(12)22(18(21)26)8-15(23)24/h3-6,9H,1-2,7-8H2,(H,23,24). The summed E-state index contributed by atoms with van der Waals surface area (Å²) in [6.45, 7) is -0.815. The van der Waals surface area contributed by atoms with Gasteiger partial charge in [0.15, 0.2) is 0 Å². The molecule has 0 unspecified atom stereocenters. The van der Waals surface area contributed by atoms with Crippen LogP contribution in [0.5, 0.6) is 0 Å². The SMILES string of the molecule is O=C(O)Cn1c(=O)n(Cc2ccc(Br)cc2F)c(=O)c2cc(C3CC3)sc21. The molecule has 4 rings (SSSR count). The molecule has 0 radical (unpaired) electrons. The highest BCUT2D eigenvalue weighted by Crippen LogP contribution is 2.44. The molecule has 0 aliphatic heterocycles. The molecule has 0 spiro atoms. The first-order valence-corrected chi connectivity index (χ1v) is 9.89. The predicted octanol–water partition coefficient (Wildman–Crippen LogP) is 3.14. The van der Waals surface area contributed by atoms with Crippen LogP contribution in [0.15, 0.2) is 38.3 Å². The molecule has 140 valence electrons. The highest BCUT2D eigenvalue weighted by atomic mass is 79.9. The summed E-state index contributed by atoms with van der Waals surface area (Å²) < 4.78 is 16.7. The van der Waals surface area contributed by atoms with E-state index >= 15 is 0 Å². The van der Waals surface area contributed by atoms with Crippen molar-refractivity contribution in [2.45, 2.75) is 31.8 Å². The van der Waals surface area contributed by atoms with E-state index in [0.717, 1.165) is 26.9 Å². The quantitative estimate of drug-likeness (QED) is 0.644. The molecule has 3 aromatic rings. The number of hydrogen-bond acceptors (Lipinski definition) is 4. The van der Waals surface area contributed by atoms with E-state index in [1.165, 1.54) is 23.5 Å². The molecule has 1 N–H and O–H groups in total. The van der Waals surface area contributed by atoms with Crippen molar-refractivity contribution >= 4 is 43.5 Å². The summed E-state index contributed by atoms with van der Waals surface area (Å²) in [6, 6.07) is 6.10. The van der Waals surface area contributed by atoms with Gasteiger partial charge < -0.3 is 5.11 Å². The van der Waals surface area contributed by atoms with Crippen LogP contribution in [0.4, 0.5) is 4.39 Å². The van der Waals surface area contributed by atoms with Crippen LogP contribution in [-0.2, 0) is 17.9 Å². The number of carboxylic acid groups (broad SMARTS) is 1. The Balaban J connectivity index is 1.92. The van der Waals surface area contributed by atoms with Gasteiger partial charge in [-0.2, -0.15) is 0 Å². The molecule has 1 aliphatic carbocycles. The van der Waals surface area contributed by atoms with E-state index in [1.807, 2.05) is 0 Å². The number of benzene rings is 1. The van der Waals surface area contributed by atoms with Crippen molar-refractivity contribution in [2.24, 2.45) is 0 Å². The van der Waals surface area contributed by atoms with Gasteiger partial charge in [0.05, 0.1) is 11.9 Å². The molecule has 1 aliphatic rings. The number of thiophene rings is 1. The predicted molar refractivity (Wildman–Crippen MR) is 103 cm³/mol. The van der Waals surface area contributed by atoms with Gasteiger partial charge in [0.25, 0.3) is 5.56 Å². The van der Waals surface area contributed by atoms with Crippen LogP contribution in [0.1, 0.15) is 29.2 Å². The summed E-state index contributed by atoms with van der Waals surface area (Å²) in [7, 11) is 0. The van der Waals surface area contributed by atoms with E-state index in [0.29, 0.717) is 20.6 Å². The molecule has 27 heavy (non-hydrogen) atoms. The zero-order valence-corrected chi connectivity index (χ0v) is 16.3. The van der Waals surface area contributed by atoms with Crippen LogP contribution in [0.25, 0.3) is 10.2 Å². The van der Waals surface area contributed by atoms with Gasteiger partial charge in [-0.3, -0.25) is 18.7 Å². The van der Waals surface area contributed by atoms with Crippen LogP contribution in [0.3, 0.4) is 0 Å². The van der Waals surface area contributed by atoms with Crippen LogP contribution in [0, 0.1) is 5.82 Å². The maximum Gasteiger partial charge on any atom is 0.332 e. The molecular formula is C18H14BrFN2O4S. The van der Waals surface area contributed by atoms with Crippen molar-refractivity contribution in [1.82, 2.24) is 9.13 Å². The highest BCUT2D eigenvalue weighted by molar-refractivity contribution is 9.10. The fraction of sp³-hybridized carbons (Fsp3) is 0.278.